The molecule has 0 radical (unpaired) electrons. The molecule has 0 bridgehead atoms. The Bertz CT molecular complexity index is 435. The SMILES string of the molecule is CCCNCc1cc(N(C)C(C)CC)nc(C(C)(C)C)c1. The van der Waals surface area contributed by atoms with Gasteiger partial charge in [-0.1, -0.05) is 34.6 Å². The minimum atomic E-state index is 0.0752. The quantitative estimate of drug-likeness (QED) is 0.766. The van der Waals surface area contributed by atoms with Gasteiger partial charge in [0.15, 0.2) is 0 Å². The van der Waals surface area contributed by atoms with E-state index in [1.807, 2.05) is 0 Å². The van der Waals surface area contributed by atoms with Gasteiger partial charge in [-0.2, -0.15) is 0 Å². The highest BCUT2D eigenvalue weighted by atomic mass is 15.2. The van der Waals surface area contributed by atoms with Crippen molar-refractivity contribution in [2.75, 3.05) is 18.5 Å². The Kier molecular flexibility index (Phi) is 6.66. The Hall–Kier alpha value is -1.09. The van der Waals surface area contributed by atoms with Gasteiger partial charge in [-0.15, -0.1) is 0 Å². The van der Waals surface area contributed by atoms with Crippen LogP contribution in [0.4, 0.5) is 5.82 Å². The predicted molar refractivity (Wildman–Crippen MR) is 93.1 cm³/mol. The summed E-state index contributed by atoms with van der Waals surface area (Å²) in [4.78, 5) is 7.19. The monoisotopic (exact) mass is 291 g/mol. The van der Waals surface area contributed by atoms with E-state index in [9.17, 15) is 0 Å². The molecule has 1 N–H and O–H groups in total. The van der Waals surface area contributed by atoms with Crippen molar-refractivity contribution in [3.63, 3.8) is 0 Å². The second-order valence-electron chi connectivity index (χ2n) is 7.01. The fourth-order valence-corrected chi connectivity index (χ4v) is 2.15. The molecule has 0 aromatic carbocycles. The standard InChI is InChI=1S/C18H33N3/c1-8-10-19-13-15-11-16(18(4,5)6)20-17(12-15)21(7)14(3)9-2/h11-12,14,19H,8-10,13H2,1-7H3. The van der Waals surface area contributed by atoms with Crippen LogP contribution in [-0.2, 0) is 12.0 Å². The number of nitrogens with one attached hydrogen (secondary N) is 1. The lowest BCUT2D eigenvalue weighted by atomic mass is 9.90. The van der Waals surface area contributed by atoms with Crippen molar-refractivity contribution in [1.82, 2.24) is 10.3 Å². The Morgan fingerprint density at radius 2 is 1.90 bits per heavy atom. The molecule has 0 aliphatic heterocycles. The van der Waals surface area contributed by atoms with E-state index in [1.54, 1.807) is 0 Å². The minimum absolute atomic E-state index is 0.0752. The number of hydrogen-bond donors (Lipinski definition) is 1. The van der Waals surface area contributed by atoms with E-state index in [4.69, 9.17) is 4.98 Å². The van der Waals surface area contributed by atoms with Gasteiger partial charge in [0.1, 0.15) is 5.82 Å². The van der Waals surface area contributed by atoms with Crippen molar-refractivity contribution in [3.8, 4) is 0 Å². The fourth-order valence-electron chi connectivity index (χ4n) is 2.15. The lowest BCUT2D eigenvalue weighted by Gasteiger charge is -2.28. The van der Waals surface area contributed by atoms with Gasteiger partial charge in [0.05, 0.1) is 0 Å². The Balaban J connectivity index is 3.09. The molecule has 21 heavy (non-hydrogen) atoms. The molecule has 1 atom stereocenters. The van der Waals surface area contributed by atoms with Crippen LogP contribution in [0, 0.1) is 0 Å². The lowest BCUT2D eigenvalue weighted by molar-refractivity contribution is 0.562. The van der Waals surface area contributed by atoms with Gasteiger partial charge in [0.2, 0.25) is 0 Å². The topological polar surface area (TPSA) is 28.2 Å². The molecule has 0 spiro atoms. The van der Waals surface area contributed by atoms with Gasteiger partial charge in [0.25, 0.3) is 0 Å². The van der Waals surface area contributed by atoms with Gasteiger partial charge in [0, 0.05) is 30.7 Å². The van der Waals surface area contributed by atoms with E-state index >= 15 is 0 Å². The molecule has 0 aliphatic rings. The van der Waals surface area contributed by atoms with Crippen molar-refractivity contribution in [2.45, 2.75) is 72.4 Å². The smallest absolute Gasteiger partial charge is 0.129 e. The molecule has 3 heteroatoms. The largest absolute Gasteiger partial charge is 0.357 e. The first-order valence-electron chi connectivity index (χ1n) is 8.24. The van der Waals surface area contributed by atoms with E-state index < -0.39 is 0 Å². The zero-order valence-electron chi connectivity index (χ0n) is 15.0. The van der Waals surface area contributed by atoms with Crippen molar-refractivity contribution in [3.05, 3.63) is 23.4 Å². The lowest BCUT2D eigenvalue weighted by Crippen LogP contribution is -2.30. The van der Waals surface area contributed by atoms with Gasteiger partial charge in [-0.25, -0.2) is 4.98 Å². The van der Waals surface area contributed by atoms with Crippen molar-refractivity contribution in [1.29, 1.82) is 0 Å². The van der Waals surface area contributed by atoms with Gasteiger partial charge in [-0.05, 0) is 44.0 Å². The summed E-state index contributed by atoms with van der Waals surface area (Å²) in [6.07, 6.45) is 2.29. The number of anilines is 1. The van der Waals surface area contributed by atoms with Crippen LogP contribution in [0.1, 0.15) is 65.6 Å². The number of pyridine rings is 1. The van der Waals surface area contributed by atoms with Crippen LogP contribution in [0.5, 0.6) is 0 Å². The Morgan fingerprint density at radius 1 is 1.24 bits per heavy atom. The highest BCUT2D eigenvalue weighted by Gasteiger charge is 2.19. The van der Waals surface area contributed by atoms with Crippen LogP contribution in [0.15, 0.2) is 12.1 Å². The summed E-state index contributed by atoms with van der Waals surface area (Å²) in [6.45, 7) is 15.3. The van der Waals surface area contributed by atoms with Crippen LogP contribution < -0.4 is 10.2 Å². The molecule has 0 saturated heterocycles. The molecule has 1 rings (SSSR count). The minimum Gasteiger partial charge on any atom is -0.357 e. The molecule has 3 nitrogen and oxygen atoms in total. The van der Waals surface area contributed by atoms with Crippen LogP contribution in [0.2, 0.25) is 0 Å². The zero-order valence-corrected chi connectivity index (χ0v) is 15.0. The van der Waals surface area contributed by atoms with Crippen molar-refractivity contribution >= 4 is 5.82 Å². The molecule has 1 aromatic heterocycles. The van der Waals surface area contributed by atoms with E-state index in [-0.39, 0.29) is 5.41 Å². The summed E-state index contributed by atoms with van der Waals surface area (Å²) in [6, 6.07) is 4.98. The normalized spacial score (nSPS) is 13.3. The third-order valence-electron chi connectivity index (χ3n) is 4.01. The predicted octanol–water partition coefficient (Wildman–Crippen LogP) is 4.11. The molecule has 1 heterocycles. The zero-order chi connectivity index (χ0) is 16.0. The first-order valence-corrected chi connectivity index (χ1v) is 8.24. The highest BCUT2D eigenvalue weighted by Crippen LogP contribution is 2.25. The Labute approximate surface area is 131 Å². The van der Waals surface area contributed by atoms with E-state index in [1.165, 1.54) is 11.3 Å². The van der Waals surface area contributed by atoms with E-state index in [0.29, 0.717) is 6.04 Å². The average Bonchev–Trinajstić information content (AvgIpc) is 2.44. The van der Waals surface area contributed by atoms with Crippen LogP contribution in [0.3, 0.4) is 0 Å². The Morgan fingerprint density at radius 3 is 2.43 bits per heavy atom. The molecule has 1 aromatic rings. The number of aromatic nitrogens is 1. The molecular formula is C18H33N3. The molecular weight excluding hydrogens is 258 g/mol. The molecule has 0 aliphatic carbocycles. The summed E-state index contributed by atoms with van der Waals surface area (Å²) in [5.74, 6) is 1.09. The van der Waals surface area contributed by atoms with Crippen LogP contribution in [-0.4, -0.2) is 24.6 Å². The third kappa shape index (κ3) is 5.31. The first-order chi connectivity index (χ1) is 9.79. The first kappa shape index (κ1) is 18.0. The summed E-state index contributed by atoms with van der Waals surface area (Å²) < 4.78 is 0. The third-order valence-corrected chi connectivity index (χ3v) is 4.01. The molecule has 0 saturated carbocycles. The summed E-state index contributed by atoms with van der Waals surface area (Å²) in [5, 5.41) is 3.49. The van der Waals surface area contributed by atoms with Gasteiger partial charge >= 0.3 is 0 Å². The number of rotatable bonds is 7. The highest BCUT2D eigenvalue weighted by molar-refractivity contribution is 5.44. The molecule has 1 unspecified atom stereocenters. The number of nitrogens with zero attached hydrogens (tertiary/aromatic N) is 2. The molecule has 120 valence electrons. The maximum Gasteiger partial charge on any atom is 0.129 e. The second-order valence-corrected chi connectivity index (χ2v) is 7.01. The van der Waals surface area contributed by atoms with Crippen molar-refractivity contribution in [2.24, 2.45) is 0 Å². The van der Waals surface area contributed by atoms with Gasteiger partial charge < -0.3 is 10.2 Å². The maximum absolute atomic E-state index is 4.90. The second kappa shape index (κ2) is 7.79. The maximum atomic E-state index is 4.90. The number of hydrogen-bond acceptors (Lipinski definition) is 3. The molecule has 0 fully saturated rings. The summed E-state index contributed by atoms with van der Waals surface area (Å²) in [7, 11) is 2.15. The average molecular weight is 291 g/mol. The van der Waals surface area contributed by atoms with Crippen molar-refractivity contribution < 1.29 is 0 Å². The summed E-state index contributed by atoms with van der Waals surface area (Å²) in [5.41, 5.74) is 2.57. The fraction of sp³-hybridized carbons (Fsp3) is 0.722. The van der Waals surface area contributed by atoms with Crippen LogP contribution >= 0.6 is 0 Å². The van der Waals surface area contributed by atoms with Gasteiger partial charge in [-0.3, -0.25) is 0 Å². The van der Waals surface area contributed by atoms with Crippen LogP contribution in [0.25, 0.3) is 0 Å². The molecule has 0 amide bonds. The van der Waals surface area contributed by atoms with E-state index in [0.717, 1.165) is 31.7 Å². The summed E-state index contributed by atoms with van der Waals surface area (Å²) >= 11 is 0. The van der Waals surface area contributed by atoms with E-state index in [2.05, 4.69) is 70.9 Å².